The molecule has 1 unspecified atom stereocenters. The zero-order valence-electron chi connectivity index (χ0n) is 51.0. The van der Waals surface area contributed by atoms with Crippen LogP contribution in [0.15, 0.2) is 85.1 Å². The van der Waals surface area contributed by atoms with E-state index < -0.39 is 6.10 Å². The monoisotopic (exact) mass is 1070 g/mol. The second-order valence-corrected chi connectivity index (χ2v) is 22.0. The van der Waals surface area contributed by atoms with E-state index in [-0.39, 0.29) is 37.5 Å². The fourth-order valence-electron chi connectivity index (χ4n) is 9.44. The molecule has 0 aromatic heterocycles. The number of carbonyl (C=O) groups excluding carboxylic acids is 3. The lowest BCUT2D eigenvalue weighted by Crippen LogP contribution is -2.30. The number of unbranched alkanes of at least 4 members (excludes halogenated alkanes) is 35. The van der Waals surface area contributed by atoms with Crippen LogP contribution < -0.4 is 0 Å². The first-order valence-electron chi connectivity index (χ1n) is 33.1. The largest absolute Gasteiger partial charge is 0.462 e. The predicted molar refractivity (Wildman–Crippen MR) is 334 cm³/mol. The third-order valence-corrected chi connectivity index (χ3v) is 14.4. The summed E-state index contributed by atoms with van der Waals surface area (Å²) in [6, 6.07) is 0. The van der Waals surface area contributed by atoms with E-state index in [2.05, 4.69) is 106 Å². The molecular weight excluding hydrogens is 949 g/mol. The molecule has 0 fully saturated rings. The Hall–Kier alpha value is -3.41. The highest BCUT2D eigenvalue weighted by Gasteiger charge is 2.19. The smallest absolute Gasteiger partial charge is 0.306 e. The van der Waals surface area contributed by atoms with Crippen molar-refractivity contribution in [1.29, 1.82) is 0 Å². The van der Waals surface area contributed by atoms with E-state index >= 15 is 0 Å². The summed E-state index contributed by atoms with van der Waals surface area (Å²) < 4.78 is 16.9. The summed E-state index contributed by atoms with van der Waals surface area (Å²) in [5, 5.41) is 0. The van der Waals surface area contributed by atoms with E-state index in [0.29, 0.717) is 12.8 Å². The molecule has 0 aliphatic rings. The van der Waals surface area contributed by atoms with Crippen LogP contribution in [0, 0.1) is 0 Å². The van der Waals surface area contributed by atoms with Crippen LogP contribution in [-0.2, 0) is 28.6 Å². The van der Waals surface area contributed by atoms with Gasteiger partial charge in [0.15, 0.2) is 6.10 Å². The lowest BCUT2D eigenvalue weighted by atomic mass is 10.0. The van der Waals surface area contributed by atoms with Crippen LogP contribution in [0.4, 0.5) is 0 Å². The maximum absolute atomic E-state index is 12.9. The molecule has 0 aliphatic carbocycles. The molecule has 0 rings (SSSR count). The topological polar surface area (TPSA) is 78.9 Å². The Kier molecular flexibility index (Phi) is 62.2. The Labute approximate surface area is 477 Å². The van der Waals surface area contributed by atoms with Crippen molar-refractivity contribution in [3.05, 3.63) is 85.1 Å². The zero-order valence-corrected chi connectivity index (χ0v) is 51.0. The normalized spacial score (nSPS) is 12.6. The van der Waals surface area contributed by atoms with E-state index in [0.717, 1.165) is 109 Å². The van der Waals surface area contributed by atoms with Gasteiger partial charge < -0.3 is 14.2 Å². The molecule has 0 aromatic carbocycles. The number of carbonyl (C=O) groups is 3. The fourth-order valence-corrected chi connectivity index (χ4v) is 9.44. The molecule has 0 radical (unpaired) electrons. The Morgan fingerprint density at radius 1 is 0.273 bits per heavy atom. The van der Waals surface area contributed by atoms with Gasteiger partial charge in [0.1, 0.15) is 13.2 Å². The average Bonchev–Trinajstić information content (AvgIpc) is 3.43. The van der Waals surface area contributed by atoms with Crippen molar-refractivity contribution >= 4 is 17.9 Å². The molecule has 0 bridgehead atoms. The van der Waals surface area contributed by atoms with Gasteiger partial charge in [-0.1, -0.05) is 298 Å². The van der Waals surface area contributed by atoms with Crippen LogP contribution in [0.5, 0.6) is 0 Å². The molecule has 0 aromatic rings. The van der Waals surface area contributed by atoms with Crippen molar-refractivity contribution in [2.45, 2.75) is 335 Å². The highest BCUT2D eigenvalue weighted by molar-refractivity contribution is 5.71. The summed E-state index contributed by atoms with van der Waals surface area (Å²) >= 11 is 0. The number of rotatable bonds is 60. The molecular formula is C71H124O6. The average molecular weight is 1070 g/mol. The summed E-state index contributed by atoms with van der Waals surface area (Å²) in [7, 11) is 0. The number of ether oxygens (including phenoxy) is 3. The van der Waals surface area contributed by atoms with Gasteiger partial charge in [0.25, 0.3) is 0 Å². The summed E-state index contributed by atoms with van der Waals surface area (Å²) in [5.74, 6) is -0.915. The van der Waals surface area contributed by atoms with Gasteiger partial charge in [-0.15, -0.1) is 0 Å². The van der Waals surface area contributed by atoms with E-state index in [4.69, 9.17) is 14.2 Å². The number of hydrogen-bond acceptors (Lipinski definition) is 6. The second kappa shape index (κ2) is 65.1. The van der Waals surface area contributed by atoms with Gasteiger partial charge in [0.2, 0.25) is 0 Å². The van der Waals surface area contributed by atoms with Crippen LogP contribution >= 0.6 is 0 Å². The predicted octanol–water partition coefficient (Wildman–Crippen LogP) is 22.7. The molecule has 0 saturated heterocycles. The summed E-state index contributed by atoms with van der Waals surface area (Å²) in [5.41, 5.74) is 0. The summed E-state index contributed by atoms with van der Waals surface area (Å²) in [6.45, 7) is 6.52. The molecule has 0 spiro atoms. The number of hydrogen-bond donors (Lipinski definition) is 0. The standard InChI is InChI=1S/C71H124O6/c1-4-7-10-13-16-19-22-25-28-31-34-35-36-38-40-43-46-49-52-55-58-61-64-70(73)76-67-68(66-75-69(72)63-60-57-54-51-48-45-42-39-33-30-27-24-21-18-15-12-9-6-3)77-71(74)65-62-59-56-53-50-47-44-41-37-32-29-26-23-20-17-14-11-8-5-2/h8,11,17,20-21,24,26,29-30,33,37,41,47,50,68H,4-7,9-10,12-16,18-19,22-23,25,27-28,31-32,34-36,38-40,42-46,48-49,51-67H2,1-3H3/b11-8-,20-17-,24-21-,29-26-,33-30-,41-37-,50-47-. The first kappa shape index (κ1) is 73.6. The molecule has 77 heavy (non-hydrogen) atoms. The minimum absolute atomic E-state index is 0.0900. The Morgan fingerprint density at radius 3 is 0.818 bits per heavy atom. The van der Waals surface area contributed by atoms with Crippen molar-refractivity contribution < 1.29 is 28.6 Å². The van der Waals surface area contributed by atoms with Crippen molar-refractivity contribution in [3.63, 3.8) is 0 Å². The van der Waals surface area contributed by atoms with Gasteiger partial charge in [-0.3, -0.25) is 14.4 Å². The summed E-state index contributed by atoms with van der Waals surface area (Å²) in [4.78, 5) is 38.4. The molecule has 1 atom stereocenters. The van der Waals surface area contributed by atoms with Crippen LogP contribution in [0.25, 0.3) is 0 Å². The molecule has 0 aliphatic heterocycles. The molecule has 0 N–H and O–H groups in total. The van der Waals surface area contributed by atoms with Crippen LogP contribution in [0.3, 0.4) is 0 Å². The molecule has 444 valence electrons. The van der Waals surface area contributed by atoms with Gasteiger partial charge in [0, 0.05) is 19.3 Å². The molecule has 0 saturated carbocycles. The Bertz CT molecular complexity index is 1470. The second-order valence-electron chi connectivity index (χ2n) is 22.0. The third-order valence-electron chi connectivity index (χ3n) is 14.4. The lowest BCUT2D eigenvalue weighted by Gasteiger charge is -2.18. The highest BCUT2D eigenvalue weighted by Crippen LogP contribution is 2.17. The fraction of sp³-hybridized carbons (Fsp3) is 0.761. The number of allylic oxidation sites excluding steroid dienone is 14. The molecule has 6 nitrogen and oxygen atoms in total. The lowest BCUT2D eigenvalue weighted by molar-refractivity contribution is -0.167. The number of esters is 3. The SMILES string of the molecule is CC/C=C\C/C=C\C/C=C\C/C=C\C/C=C\CCCCCC(=O)OC(COC(=O)CCCCCCCCC/C=C\C/C=C\CCCCCC)COC(=O)CCCCCCCCCCCCCCCCCCCCCCCC. The minimum atomic E-state index is -0.798. The van der Waals surface area contributed by atoms with Gasteiger partial charge in [-0.2, -0.15) is 0 Å². The van der Waals surface area contributed by atoms with E-state index in [1.165, 1.54) is 180 Å². The van der Waals surface area contributed by atoms with Gasteiger partial charge in [-0.25, -0.2) is 0 Å². The highest BCUT2D eigenvalue weighted by atomic mass is 16.6. The van der Waals surface area contributed by atoms with Gasteiger partial charge in [-0.05, 0) is 96.3 Å². The van der Waals surface area contributed by atoms with Crippen molar-refractivity contribution in [3.8, 4) is 0 Å². The Balaban J connectivity index is 4.41. The van der Waals surface area contributed by atoms with Crippen molar-refractivity contribution in [2.24, 2.45) is 0 Å². The first-order chi connectivity index (χ1) is 38.0. The van der Waals surface area contributed by atoms with Gasteiger partial charge >= 0.3 is 17.9 Å². The molecule has 0 heterocycles. The van der Waals surface area contributed by atoms with Gasteiger partial charge in [0.05, 0.1) is 0 Å². The van der Waals surface area contributed by atoms with Crippen molar-refractivity contribution in [2.75, 3.05) is 13.2 Å². The first-order valence-corrected chi connectivity index (χ1v) is 33.1. The Morgan fingerprint density at radius 2 is 0.506 bits per heavy atom. The summed E-state index contributed by atoms with van der Waals surface area (Å²) in [6.07, 6.45) is 85.9. The molecule has 0 amide bonds. The van der Waals surface area contributed by atoms with Crippen LogP contribution in [0.2, 0.25) is 0 Å². The van der Waals surface area contributed by atoms with E-state index in [9.17, 15) is 14.4 Å². The van der Waals surface area contributed by atoms with Crippen molar-refractivity contribution in [1.82, 2.24) is 0 Å². The quantitative estimate of drug-likeness (QED) is 0.0261. The zero-order chi connectivity index (χ0) is 55.7. The maximum atomic E-state index is 12.9. The minimum Gasteiger partial charge on any atom is -0.462 e. The van der Waals surface area contributed by atoms with E-state index in [1.54, 1.807) is 0 Å². The molecule has 6 heteroatoms. The third kappa shape index (κ3) is 63.3. The van der Waals surface area contributed by atoms with E-state index in [1.807, 2.05) is 0 Å². The van der Waals surface area contributed by atoms with Crippen LogP contribution in [0.1, 0.15) is 329 Å². The van der Waals surface area contributed by atoms with Crippen LogP contribution in [-0.4, -0.2) is 37.2 Å². The maximum Gasteiger partial charge on any atom is 0.306 e.